The van der Waals surface area contributed by atoms with Crippen molar-refractivity contribution in [3.63, 3.8) is 0 Å². The van der Waals surface area contributed by atoms with Crippen molar-refractivity contribution in [2.75, 3.05) is 25.1 Å². The molecule has 0 spiro atoms. The van der Waals surface area contributed by atoms with Crippen molar-refractivity contribution in [3.05, 3.63) is 24.3 Å². The van der Waals surface area contributed by atoms with Gasteiger partial charge in [0.1, 0.15) is 11.4 Å². The molecule has 1 atom stereocenters. The molecule has 1 aliphatic rings. The number of benzene rings is 1. The van der Waals surface area contributed by atoms with Gasteiger partial charge >= 0.3 is 0 Å². The van der Waals surface area contributed by atoms with Gasteiger partial charge in [0.15, 0.2) is 0 Å². The summed E-state index contributed by atoms with van der Waals surface area (Å²) in [7, 11) is 0. The minimum atomic E-state index is -0.122. The van der Waals surface area contributed by atoms with E-state index in [4.69, 9.17) is 9.47 Å². The lowest BCUT2D eigenvalue weighted by molar-refractivity contribution is 0.0254. The minimum Gasteiger partial charge on any atom is -0.483 e. The first-order chi connectivity index (χ1) is 8.29. The molecule has 3 heteroatoms. The fraction of sp³-hybridized carbons (Fsp3) is 0.571. The van der Waals surface area contributed by atoms with Gasteiger partial charge in [-0.2, -0.15) is 0 Å². The molecule has 0 bridgehead atoms. The third kappa shape index (κ3) is 2.72. The summed E-state index contributed by atoms with van der Waals surface area (Å²) in [6.07, 6.45) is 1.92. The number of hydrogen-bond donors (Lipinski definition) is 1. The minimum absolute atomic E-state index is 0.122. The standard InChI is InChI=1S/C14H21NO2/c1-3-14(9-10-16-4-2)11-15-12-7-5-6-8-13(12)17-14/h5-8,15H,3-4,9-11H2,1-2H3. The van der Waals surface area contributed by atoms with Crippen LogP contribution in [-0.4, -0.2) is 25.4 Å². The highest BCUT2D eigenvalue weighted by Gasteiger charge is 2.34. The summed E-state index contributed by atoms with van der Waals surface area (Å²) in [4.78, 5) is 0. The van der Waals surface area contributed by atoms with Crippen molar-refractivity contribution in [1.29, 1.82) is 0 Å². The van der Waals surface area contributed by atoms with Crippen LogP contribution in [-0.2, 0) is 4.74 Å². The van der Waals surface area contributed by atoms with Crippen molar-refractivity contribution in [1.82, 2.24) is 0 Å². The zero-order chi connectivity index (χ0) is 12.1. The maximum absolute atomic E-state index is 6.17. The van der Waals surface area contributed by atoms with Gasteiger partial charge in [0.25, 0.3) is 0 Å². The molecule has 0 amide bonds. The normalized spacial score (nSPS) is 22.5. The molecule has 0 fully saturated rings. The molecule has 1 N–H and O–H groups in total. The number of para-hydroxylation sites is 2. The first kappa shape index (κ1) is 12.2. The molecule has 0 radical (unpaired) electrons. The van der Waals surface area contributed by atoms with Gasteiger partial charge < -0.3 is 14.8 Å². The van der Waals surface area contributed by atoms with E-state index < -0.39 is 0 Å². The molecule has 0 saturated carbocycles. The maximum atomic E-state index is 6.17. The van der Waals surface area contributed by atoms with Crippen molar-refractivity contribution >= 4 is 5.69 Å². The van der Waals surface area contributed by atoms with E-state index in [9.17, 15) is 0 Å². The predicted molar refractivity (Wildman–Crippen MR) is 69.7 cm³/mol. The largest absolute Gasteiger partial charge is 0.483 e. The van der Waals surface area contributed by atoms with Gasteiger partial charge in [-0.15, -0.1) is 0 Å². The quantitative estimate of drug-likeness (QED) is 0.796. The number of hydrogen-bond acceptors (Lipinski definition) is 3. The Labute approximate surface area is 103 Å². The van der Waals surface area contributed by atoms with Gasteiger partial charge in [0, 0.05) is 13.0 Å². The third-order valence-electron chi connectivity index (χ3n) is 3.37. The van der Waals surface area contributed by atoms with Crippen LogP contribution in [0.5, 0.6) is 5.75 Å². The summed E-state index contributed by atoms with van der Waals surface area (Å²) < 4.78 is 11.6. The zero-order valence-corrected chi connectivity index (χ0v) is 10.7. The van der Waals surface area contributed by atoms with Crippen LogP contribution >= 0.6 is 0 Å². The van der Waals surface area contributed by atoms with E-state index >= 15 is 0 Å². The molecule has 94 valence electrons. The molecule has 17 heavy (non-hydrogen) atoms. The molecule has 1 aromatic rings. The molecule has 2 rings (SSSR count). The van der Waals surface area contributed by atoms with Crippen LogP contribution in [0.25, 0.3) is 0 Å². The van der Waals surface area contributed by atoms with E-state index in [0.29, 0.717) is 0 Å². The predicted octanol–water partition coefficient (Wildman–Crippen LogP) is 3.07. The summed E-state index contributed by atoms with van der Waals surface area (Å²) in [6.45, 7) is 6.57. The van der Waals surface area contributed by atoms with E-state index in [1.54, 1.807) is 0 Å². The van der Waals surface area contributed by atoms with Gasteiger partial charge in [-0.05, 0) is 25.5 Å². The van der Waals surface area contributed by atoms with Gasteiger partial charge in [0.05, 0.1) is 18.8 Å². The average molecular weight is 235 g/mol. The highest BCUT2D eigenvalue weighted by atomic mass is 16.5. The fourth-order valence-electron chi connectivity index (χ4n) is 2.14. The van der Waals surface area contributed by atoms with E-state index in [1.165, 1.54) is 0 Å². The molecule has 3 nitrogen and oxygen atoms in total. The van der Waals surface area contributed by atoms with Crippen LogP contribution in [0, 0.1) is 0 Å². The van der Waals surface area contributed by atoms with Crippen LogP contribution < -0.4 is 10.1 Å². The molecular formula is C14H21NO2. The Balaban J connectivity index is 2.06. The second kappa shape index (κ2) is 5.41. The van der Waals surface area contributed by atoms with E-state index in [2.05, 4.69) is 18.3 Å². The number of ether oxygens (including phenoxy) is 2. The summed E-state index contributed by atoms with van der Waals surface area (Å²) >= 11 is 0. The van der Waals surface area contributed by atoms with E-state index in [0.717, 1.165) is 44.0 Å². The lowest BCUT2D eigenvalue weighted by Crippen LogP contribution is -2.46. The topological polar surface area (TPSA) is 30.5 Å². The Morgan fingerprint density at radius 2 is 2.18 bits per heavy atom. The van der Waals surface area contributed by atoms with Crippen LogP contribution in [0.15, 0.2) is 24.3 Å². The molecule has 0 aliphatic carbocycles. The van der Waals surface area contributed by atoms with Crippen molar-refractivity contribution < 1.29 is 9.47 Å². The first-order valence-corrected chi connectivity index (χ1v) is 6.39. The highest BCUT2D eigenvalue weighted by Crippen LogP contribution is 2.35. The number of anilines is 1. The van der Waals surface area contributed by atoms with Gasteiger partial charge in [-0.1, -0.05) is 19.1 Å². The molecule has 1 aliphatic heterocycles. The highest BCUT2D eigenvalue weighted by molar-refractivity contribution is 5.58. The maximum Gasteiger partial charge on any atom is 0.143 e. The smallest absolute Gasteiger partial charge is 0.143 e. The molecule has 1 heterocycles. The second-order valence-electron chi connectivity index (χ2n) is 4.44. The Hall–Kier alpha value is -1.22. The van der Waals surface area contributed by atoms with Crippen LogP contribution in [0.1, 0.15) is 26.7 Å². The lowest BCUT2D eigenvalue weighted by Gasteiger charge is -2.38. The second-order valence-corrected chi connectivity index (χ2v) is 4.44. The summed E-state index contributed by atoms with van der Waals surface area (Å²) in [6, 6.07) is 8.10. The van der Waals surface area contributed by atoms with Gasteiger partial charge in [0.2, 0.25) is 0 Å². The third-order valence-corrected chi connectivity index (χ3v) is 3.37. The van der Waals surface area contributed by atoms with Crippen molar-refractivity contribution in [2.24, 2.45) is 0 Å². The summed E-state index contributed by atoms with van der Waals surface area (Å²) in [5, 5.41) is 3.45. The Morgan fingerprint density at radius 1 is 1.35 bits per heavy atom. The lowest BCUT2D eigenvalue weighted by atomic mass is 9.94. The molecule has 0 saturated heterocycles. The molecular weight excluding hydrogens is 214 g/mol. The zero-order valence-electron chi connectivity index (χ0n) is 10.7. The Bertz CT molecular complexity index is 367. The molecule has 1 aromatic carbocycles. The number of nitrogens with one attached hydrogen (secondary N) is 1. The monoisotopic (exact) mass is 235 g/mol. The van der Waals surface area contributed by atoms with Crippen LogP contribution in [0.3, 0.4) is 0 Å². The van der Waals surface area contributed by atoms with Gasteiger partial charge in [-0.3, -0.25) is 0 Å². The Morgan fingerprint density at radius 3 is 2.94 bits per heavy atom. The average Bonchev–Trinajstić information content (AvgIpc) is 2.39. The van der Waals surface area contributed by atoms with E-state index in [1.807, 2.05) is 25.1 Å². The van der Waals surface area contributed by atoms with Crippen molar-refractivity contribution in [3.8, 4) is 5.75 Å². The van der Waals surface area contributed by atoms with Crippen LogP contribution in [0.2, 0.25) is 0 Å². The summed E-state index contributed by atoms with van der Waals surface area (Å²) in [5.74, 6) is 0.956. The van der Waals surface area contributed by atoms with Gasteiger partial charge in [-0.25, -0.2) is 0 Å². The first-order valence-electron chi connectivity index (χ1n) is 6.39. The fourth-order valence-corrected chi connectivity index (χ4v) is 2.14. The van der Waals surface area contributed by atoms with Crippen molar-refractivity contribution in [2.45, 2.75) is 32.3 Å². The molecule has 0 aromatic heterocycles. The van der Waals surface area contributed by atoms with Crippen LogP contribution in [0.4, 0.5) is 5.69 Å². The van der Waals surface area contributed by atoms with E-state index in [-0.39, 0.29) is 5.60 Å². The number of rotatable bonds is 5. The summed E-state index contributed by atoms with van der Waals surface area (Å²) in [5.41, 5.74) is 0.969. The number of fused-ring (bicyclic) bond motifs is 1. The Kier molecular flexibility index (Phi) is 3.89. The molecule has 1 unspecified atom stereocenters. The SMILES string of the molecule is CCOCCC1(CC)CNc2ccccc2O1.